The lowest BCUT2D eigenvalue weighted by Gasteiger charge is -2.22. The summed E-state index contributed by atoms with van der Waals surface area (Å²) in [4.78, 5) is 0. The minimum Gasteiger partial charge on any atom is -0.383 e. The highest BCUT2D eigenvalue weighted by molar-refractivity contribution is 5.25. The number of methoxy groups -OCH3 is 1. The molecule has 3 unspecified atom stereocenters. The largest absolute Gasteiger partial charge is 0.383 e. The maximum Gasteiger partial charge on any atom is 0.0587 e. The van der Waals surface area contributed by atoms with E-state index in [1.165, 1.54) is 24.0 Å². The van der Waals surface area contributed by atoms with E-state index in [1.54, 1.807) is 7.11 Å². The first-order valence-corrected chi connectivity index (χ1v) is 8.10. The second-order valence-corrected chi connectivity index (χ2v) is 6.19. The average molecular weight is 291 g/mol. The number of hydrogen-bond acceptors (Lipinski definition) is 3. The molecule has 21 heavy (non-hydrogen) atoms. The number of ether oxygens (including phenoxy) is 2. The minimum atomic E-state index is 0.413. The quantitative estimate of drug-likeness (QED) is 0.746. The molecule has 1 aromatic rings. The second-order valence-electron chi connectivity index (χ2n) is 6.19. The molecule has 1 N–H and O–H groups in total. The molecule has 3 heteroatoms. The highest BCUT2D eigenvalue weighted by Crippen LogP contribution is 2.29. The number of aryl methyl sites for hydroxylation is 1. The number of hydrogen-bond donors (Lipinski definition) is 1. The molecule has 1 fully saturated rings. The molecule has 0 radical (unpaired) electrons. The molecule has 0 amide bonds. The smallest absolute Gasteiger partial charge is 0.0587 e. The summed E-state index contributed by atoms with van der Waals surface area (Å²) in [5, 5.41) is 3.50. The zero-order valence-electron chi connectivity index (χ0n) is 13.6. The van der Waals surface area contributed by atoms with Gasteiger partial charge in [0.1, 0.15) is 0 Å². The van der Waals surface area contributed by atoms with Crippen molar-refractivity contribution in [2.75, 3.05) is 26.8 Å². The molecule has 0 bridgehead atoms. The summed E-state index contributed by atoms with van der Waals surface area (Å²) < 4.78 is 11.1. The first-order chi connectivity index (χ1) is 10.2. The van der Waals surface area contributed by atoms with Gasteiger partial charge in [-0.1, -0.05) is 29.8 Å². The van der Waals surface area contributed by atoms with Crippen LogP contribution < -0.4 is 5.32 Å². The Morgan fingerprint density at radius 1 is 1.29 bits per heavy atom. The van der Waals surface area contributed by atoms with Gasteiger partial charge in [-0.2, -0.15) is 0 Å². The Morgan fingerprint density at radius 3 is 2.67 bits per heavy atom. The molecule has 0 aromatic heterocycles. The highest BCUT2D eigenvalue weighted by Gasteiger charge is 2.25. The Kier molecular flexibility index (Phi) is 6.68. The third-order valence-corrected chi connectivity index (χ3v) is 4.29. The van der Waals surface area contributed by atoms with E-state index in [0.717, 1.165) is 26.1 Å². The van der Waals surface area contributed by atoms with Crippen molar-refractivity contribution in [2.24, 2.45) is 0 Å². The average Bonchev–Trinajstić information content (AvgIpc) is 2.88. The van der Waals surface area contributed by atoms with Crippen LogP contribution in [0, 0.1) is 6.92 Å². The predicted molar refractivity (Wildman–Crippen MR) is 86.9 cm³/mol. The Bertz CT molecular complexity index is 404. The zero-order chi connectivity index (χ0) is 15.1. The predicted octanol–water partition coefficient (Wildman–Crippen LogP) is 3.27. The third kappa shape index (κ3) is 5.42. The van der Waals surface area contributed by atoms with Crippen LogP contribution in [-0.2, 0) is 9.47 Å². The van der Waals surface area contributed by atoms with E-state index in [1.807, 2.05) is 0 Å². The Hall–Kier alpha value is -0.900. The van der Waals surface area contributed by atoms with Crippen LogP contribution >= 0.6 is 0 Å². The summed E-state index contributed by atoms with van der Waals surface area (Å²) >= 11 is 0. The topological polar surface area (TPSA) is 30.5 Å². The van der Waals surface area contributed by atoms with Crippen LogP contribution in [0.4, 0.5) is 0 Å². The molecule has 1 aliphatic heterocycles. The maximum absolute atomic E-state index is 6.01. The molecule has 3 atom stereocenters. The van der Waals surface area contributed by atoms with Gasteiger partial charge >= 0.3 is 0 Å². The second kappa shape index (κ2) is 8.52. The summed E-state index contributed by atoms with van der Waals surface area (Å²) in [5.41, 5.74) is 2.73. The van der Waals surface area contributed by atoms with Gasteiger partial charge in [0.2, 0.25) is 0 Å². The fraction of sp³-hybridized carbons (Fsp3) is 0.667. The van der Waals surface area contributed by atoms with Crippen molar-refractivity contribution in [3.63, 3.8) is 0 Å². The van der Waals surface area contributed by atoms with Gasteiger partial charge in [-0.05, 0) is 44.6 Å². The van der Waals surface area contributed by atoms with Crippen molar-refractivity contribution in [3.8, 4) is 0 Å². The van der Waals surface area contributed by atoms with Crippen molar-refractivity contribution in [1.82, 2.24) is 5.32 Å². The Morgan fingerprint density at radius 2 is 2.05 bits per heavy atom. The van der Waals surface area contributed by atoms with E-state index in [4.69, 9.17) is 9.47 Å². The van der Waals surface area contributed by atoms with Crippen molar-refractivity contribution < 1.29 is 9.47 Å². The van der Waals surface area contributed by atoms with Crippen molar-refractivity contribution >= 4 is 0 Å². The van der Waals surface area contributed by atoms with Gasteiger partial charge in [-0.3, -0.25) is 0 Å². The summed E-state index contributed by atoms with van der Waals surface area (Å²) in [5.74, 6) is 0.512. The molecule has 1 heterocycles. The fourth-order valence-corrected chi connectivity index (χ4v) is 3.00. The van der Waals surface area contributed by atoms with E-state index in [-0.39, 0.29) is 0 Å². The summed E-state index contributed by atoms with van der Waals surface area (Å²) in [7, 11) is 1.74. The van der Waals surface area contributed by atoms with Gasteiger partial charge < -0.3 is 14.8 Å². The van der Waals surface area contributed by atoms with Crippen molar-refractivity contribution in [1.29, 1.82) is 0 Å². The molecule has 2 rings (SSSR count). The Labute approximate surface area is 129 Å². The summed E-state index contributed by atoms with van der Waals surface area (Å²) in [6.45, 7) is 6.97. The molecule has 1 aromatic carbocycles. The maximum atomic E-state index is 6.01. The lowest BCUT2D eigenvalue weighted by molar-refractivity contribution is 0.0465. The SMILES string of the molecule is COCCNCC(CC1CCC(C)O1)c1ccc(C)cc1. The van der Waals surface area contributed by atoms with E-state index in [9.17, 15) is 0 Å². The first-order valence-electron chi connectivity index (χ1n) is 8.10. The molecular formula is C18H29NO2. The number of nitrogens with one attached hydrogen (secondary N) is 1. The number of rotatable bonds is 8. The minimum absolute atomic E-state index is 0.413. The van der Waals surface area contributed by atoms with E-state index in [0.29, 0.717) is 18.1 Å². The molecule has 118 valence electrons. The Balaban J connectivity index is 1.94. The molecule has 3 nitrogen and oxygen atoms in total. The van der Waals surface area contributed by atoms with Gasteiger partial charge in [0, 0.05) is 20.2 Å². The molecule has 0 aliphatic carbocycles. The lowest BCUT2D eigenvalue weighted by atomic mass is 9.91. The molecule has 1 saturated heterocycles. The first kappa shape index (κ1) is 16.5. The fourth-order valence-electron chi connectivity index (χ4n) is 3.00. The van der Waals surface area contributed by atoms with Crippen LogP contribution in [0.1, 0.15) is 43.2 Å². The molecule has 1 aliphatic rings. The van der Waals surface area contributed by atoms with Crippen LogP contribution in [0.5, 0.6) is 0 Å². The normalized spacial score (nSPS) is 23.4. The van der Waals surface area contributed by atoms with Crippen molar-refractivity contribution in [3.05, 3.63) is 35.4 Å². The van der Waals surface area contributed by atoms with Crippen LogP contribution in [-0.4, -0.2) is 39.0 Å². The monoisotopic (exact) mass is 291 g/mol. The van der Waals surface area contributed by atoms with Gasteiger partial charge in [0.25, 0.3) is 0 Å². The lowest BCUT2D eigenvalue weighted by Crippen LogP contribution is -2.27. The zero-order valence-corrected chi connectivity index (χ0v) is 13.6. The molecule has 0 spiro atoms. The van der Waals surface area contributed by atoms with Crippen LogP contribution in [0.3, 0.4) is 0 Å². The van der Waals surface area contributed by atoms with Crippen LogP contribution in [0.2, 0.25) is 0 Å². The van der Waals surface area contributed by atoms with E-state index >= 15 is 0 Å². The van der Waals surface area contributed by atoms with E-state index < -0.39 is 0 Å². The van der Waals surface area contributed by atoms with Gasteiger partial charge in [-0.15, -0.1) is 0 Å². The summed E-state index contributed by atoms with van der Waals surface area (Å²) in [6.07, 6.45) is 4.34. The van der Waals surface area contributed by atoms with Crippen LogP contribution in [0.15, 0.2) is 24.3 Å². The van der Waals surface area contributed by atoms with E-state index in [2.05, 4.69) is 43.4 Å². The van der Waals surface area contributed by atoms with Crippen LogP contribution in [0.25, 0.3) is 0 Å². The molecule has 0 saturated carbocycles. The number of benzene rings is 1. The third-order valence-electron chi connectivity index (χ3n) is 4.29. The van der Waals surface area contributed by atoms with Crippen molar-refractivity contribution in [2.45, 2.75) is 51.2 Å². The standard InChI is InChI=1S/C18H29NO2/c1-14-4-7-16(8-5-14)17(13-19-10-11-20-3)12-18-9-6-15(2)21-18/h4-5,7-8,15,17-19H,6,9-13H2,1-3H3. The van der Waals surface area contributed by atoms with Gasteiger partial charge in [-0.25, -0.2) is 0 Å². The highest BCUT2D eigenvalue weighted by atomic mass is 16.5. The summed E-state index contributed by atoms with van der Waals surface area (Å²) in [6, 6.07) is 8.93. The van der Waals surface area contributed by atoms with Gasteiger partial charge in [0.05, 0.1) is 18.8 Å². The van der Waals surface area contributed by atoms with Gasteiger partial charge in [0.15, 0.2) is 0 Å². The molecular weight excluding hydrogens is 262 g/mol.